The van der Waals surface area contributed by atoms with E-state index in [9.17, 15) is 4.79 Å². The minimum atomic E-state index is -0.643. The molecule has 27 heavy (non-hydrogen) atoms. The molecule has 0 aliphatic rings. The first kappa shape index (κ1) is 23.5. The topological polar surface area (TPSA) is 35.5 Å². The summed E-state index contributed by atoms with van der Waals surface area (Å²) in [6.45, 7) is 25.4. The van der Waals surface area contributed by atoms with E-state index in [1.165, 1.54) is 11.1 Å². The molecule has 0 spiro atoms. The maximum Gasteiger partial charge on any atom is 0.514 e. The van der Waals surface area contributed by atoms with Gasteiger partial charge in [0.15, 0.2) is 0 Å². The molecule has 0 amide bonds. The van der Waals surface area contributed by atoms with E-state index in [0.29, 0.717) is 5.75 Å². The van der Waals surface area contributed by atoms with E-state index in [1.807, 2.05) is 26.8 Å². The standard InChI is InChI=1S/C24H40O3/c1-13-24(11,12)27-20(25)26-19-15-17(22(5,6)7)16(21(2,3)4)14-18(19)23(8,9)10/h14-15H,13H2,1-12H3. The molecular weight excluding hydrogens is 336 g/mol. The summed E-state index contributed by atoms with van der Waals surface area (Å²) in [4.78, 5) is 12.5. The number of ether oxygens (including phenoxy) is 2. The molecule has 0 aliphatic carbocycles. The average molecular weight is 377 g/mol. The fraction of sp³-hybridized carbons (Fsp3) is 0.708. The Morgan fingerprint density at radius 3 is 1.52 bits per heavy atom. The van der Waals surface area contributed by atoms with Gasteiger partial charge in [-0.1, -0.05) is 75.3 Å². The van der Waals surface area contributed by atoms with Gasteiger partial charge >= 0.3 is 6.16 Å². The summed E-state index contributed by atoms with van der Waals surface area (Å²) >= 11 is 0. The molecule has 0 aliphatic heterocycles. The van der Waals surface area contributed by atoms with E-state index in [4.69, 9.17) is 9.47 Å². The Balaban J connectivity index is 3.56. The van der Waals surface area contributed by atoms with Crippen molar-refractivity contribution in [1.29, 1.82) is 0 Å². The second kappa shape index (κ2) is 7.48. The van der Waals surface area contributed by atoms with E-state index in [0.717, 1.165) is 12.0 Å². The van der Waals surface area contributed by atoms with Crippen LogP contribution < -0.4 is 4.74 Å². The Kier molecular flexibility index (Phi) is 6.52. The van der Waals surface area contributed by atoms with E-state index in [-0.39, 0.29) is 16.2 Å². The van der Waals surface area contributed by atoms with Crippen LogP contribution in [0.2, 0.25) is 0 Å². The maximum atomic E-state index is 12.5. The van der Waals surface area contributed by atoms with Gasteiger partial charge in [0.05, 0.1) is 0 Å². The van der Waals surface area contributed by atoms with E-state index < -0.39 is 11.8 Å². The number of rotatable bonds is 3. The number of hydrogen-bond donors (Lipinski definition) is 0. The van der Waals surface area contributed by atoms with Crippen molar-refractivity contribution >= 4 is 6.16 Å². The molecule has 0 saturated heterocycles. The second-order valence-electron chi connectivity index (χ2n) is 11.2. The van der Waals surface area contributed by atoms with Crippen molar-refractivity contribution in [3.8, 4) is 5.75 Å². The SMILES string of the molecule is CCC(C)(C)OC(=O)Oc1cc(C(C)(C)C)c(C(C)(C)C)cc1C(C)(C)C. The minimum absolute atomic E-state index is 0.00808. The molecule has 154 valence electrons. The number of carbonyl (C=O) groups excluding carboxylic acids is 1. The van der Waals surface area contributed by atoms with Crippen LogP contribution in [0.1, 0.15) is 106 Å². The Morgan fingerprint density at radius 2 is 1.15 bits per heavy atom. The van der Waals surface area contributed by atoms with Crippen molar-refractivity contribution in [3.05, 3.63) is 28.8 Å². The van der Waals surface area contributed by atoms with Gasteiger partial charge in [-0.25, -0.2) is 4.79 Å². The van der Waals surface area contributed by atoms with Crippen molar-refractivity contribution in [2.45, 2.75) is 111 Å². The van der Waals surface area contributed by atoms with Crippen LogP contribution in [0.15, 0.2) is 12.1 Å². The molecule has 0 fully saturated rings. The summed E-state index contributed by atoms with van der Waals surface area (Å²) in [5, 5.41) is 0. The first-order valence-corrected chi connectivity index (χ1v) is 9.99. The third-order valence-corrected chi connectivity index (χ3v) is 4.95. The number of hydrogen-bond acceptors (Lipinski definition) is 3. The normalized spacial score (nSPS) is 13.5. The third-order valence-electron chi connectivity index (χ3n) is 4.95. The monoisotopic (exact) mass is 376 g/mol. The van der Waals surface area contributed by atoms with Gasteiger partial charge in [0.1, 0.15) is 11.4 Å². The summed E-state index contributed by atoms with van der Waals surface area (Å²) in [7, 11) is 0. The molecule has 0 bridgehead atoms. The van der Waals surface area contributed by atoms with Gasteiger partial charge in [0.25, 0.3) is 0 Å². The van der Waals surface area contributed by atoms with Crippen LogP contribution in [0.5, 0.6) is 5.75 Å². The highest BCUT2D eigenvalue weighted by molar-refractivity contribution is 5.66. The van der Waals surface area contributed by atoms with Crippen molar-refractivity contribution in [3.63, 3.8) is 0 Å². The molecule has 3 nitrogen and oxygen atoms in total. The average Bonchev–Trinajstić information content (AvgIpc) is 2.42. The number of carbonyl (C=O) groups is 1. The molecule has 0 saturated carbocycles. The predicted molar refractivity (Wildman–Crippen MR) is 114 cm³/mol. The largest absolute Gasteiger partial charge is 0.514 e. The van der Waals surface area contributed by atoms with Gasteiger partial charge in [0, 0.05) is 5.56 Å². The molecule has 0 atom stereocenters. The van der Waals surface area contributed by atoms with Gasteiger partial charge < -0.3 is 9.47 Å². The molecule has 0 radical (unpaired) electrons. The molecule has 1 aromatic rings. The first-order chi connectivity index (χ1) is 11.9. The van der Waals surface area contributed by atoms with Crippen molar-refractivity contribution in [2.75, 3.05) is 0 Å². The minimum Gasteiger partial charge on any atom is -0.428 e. The summed E-state index contributed by atoms with van der Waals surface area (Å²) in [5.41, 5.74) is 2.72. The van der Waals surface area contributed by atoms with Gasteiger partial charge in [0.2, 0.25) is 0 Å². The predicted octanol–water partition coefficient (Wildman–Crippen LogP) is 7.28. The summed E-state index contributed by atoms with van der Waals surface area (Å²) in [6, 6.07) is 4.26. The first-order valence-electron chi connectivity index (χ1n) is 9.99. The van der Waals surface area contributed by atoms with Crippen LogP contribution in [0.25, 0.3) is 0 Å². The zero-order chi connectivity index (χ0) is 21.4. The smallest absolute Gasteiger partial charge is 0.428 e. The van der Waals surface area contributed by atoms with Crippen LogP contribution in [0.3, 0.4) is 0 Å². The zero-order valence-electron chi connectivity index (χ0n) is 19.6. The summed E-state index contributed by atoms with van der Waals surface area (Å²) in [6.07, 6.45) is 0.0838. The second-order valence-corrected chi connectivity index (χ2v) is 11.2. The molecule has 3 heteroatoms. The van der Waals surface area contributed by atoms with Gasteiger partial charge in [-0.15, -0.1) is 0 Å². The van der Waals surface area contributed by atoms with Crippen LogP contribution in [0, 0.1) is 0 Å². The van der Waals surface area contributed by atoms with Crippen molar-refractivity contribution in [1.82, 2.24) is 0 Å². The van der Waals surface area contributed by atoms with Crippen LogP contribution in [-0.2, 0) is 21.0 Å². The van der Waals surface area contributed by atoms with Crippen LogP contribution >= 0.6 is 0 Å². The van der Waals surface area contributed by atoms with Crippen molar-refractivity contribution in [2.24, 2.45) is 0 Å². The van der Waals surface area contributed by atoms with E-state index in [2.05, 4.69) is 68.4 Å². The molecule has 0 aromatic heterocycles. The van der Waals surface area contributed by atoms with Crippen LogP contribution in [0.4, 0.5) is 4.79 Å². The number of benzene rings is 1. The molecule has 1 rings (SSSR count). The molecule has 0 heterocycles. The van der Waals surface area contributed by atoms with Crippen LogP contribution in [-0.4, -0.2) is 11.8 Å². The zero-order valence-corrected chi connectivity index (χ0v) is 19.6. The van der Waals surface area contributed by atoms with Crippen molar-refractivity contribution < 1.29 is 14.3 Å². The summed E-state index contributed by atoms with van der Waals surface area (Å²) in [5.74, 6) is 0.595. The van der Waals surface area contributed by atoms with Gasteiger partial charge in [-0.3, -0.25) is 0 Å². The Labute approximate surface area is 166 Å². The Hall–Kier alpha value is -1.51. The molecule has 0 unspecified atom stereocenters. The lowest BCUT2D eigenvalue weighted by atomic mass is 9.72. The molecular formula is C24H40O3. The quantitative estimate of drug-likeness (QED) is 0.410. The highest BCUT2D eigenvalue weighted by Gasteiger charge is 2.31. The lowest BCUT2D eigenvalue weighted by molar-refractivity contribution is 0.00674. The Morgan fingerprint density at radius 1 is 0.741 bits per heavy atom. The fourth-order valence-corrected chi connectivity index (χ4v) is 2.90. The van der Waals surface area contributed by atoms with E-state index >= 15 is 0 Å². The highest BCUT2D eigenvalue weighted by Crippen LogP contribution is 2.42. The van der Waals surface area contributed by atoms with Gasteiger partial charge in [-0.2, -0.15) is 0 Å². The maximum absolute atomic E-state index is 12.5. The molecule has 0 N–H and O–H groups in total. The fourth-order valence-electron chi connectivity index (χ4n) is 2.90. The highest BCUT2D eigenvalue weighted by atomic mass is 16.7. The lowest BCUT2D eigenvalue weighted by Crippen LogP contribution is -2.30. The lowest BCUT2D eigenvalue weighted by Gasteiger charge is -2.34. The summed E-state index contributed by atoms with van der Waals surface area (Å²) < 4.78 is 11.3. The van der Waals surface area contributed by atoms with E-state index in [1.54, 1.807) is 0 Å². The van der Waals surface area contributed by atoms with Gasteiger partial charge in [-0.05, 0) is 53.7 Å². The third kappa shape index (κ3) is 6.26. The molecule has 1 aromatic carbocycles. The Bertz CT molecular complexity index is 677.